The molecule has 22 heavy (non-hydrogen) atoms. The highest BCUT2D eigenvalue weighted by molar-refractivity contribution is 5.83. The van der Waals surface area contributed by atoms with Crippen LogP contribution in [0.2, 0.25) is 0 Å². The maximum absolute atomic E-state index is 12.0. The van der Waals surface area contributed by atoms with Gasteiger partial charge in [-0.1, -0.05) is 49.7 Å². The van der Waals surface area contributed by atoms with Gasteiger partial charge in [-0.25, -0.2) is 4.79 Å². The Bertz CT molecular complexity index is 643. The van der Waals surface area contributed by atoms with Crippen LogP contribution in [-0.4, -0.2) is 11.7 Å². The topological polar surface area (TPSA) is 38.3 Å². The number of rotatable bonds is 4. The van der Waals surface area contributed by atoms with Crippen LogP contribution < -0.4 is 5.32 Å². The molecule has 0 fully saturated rings. The lowest BCUT2D eigenvalue weighted by Gasteiger charge is -2.24. The van der Waals surface area contributed by atoms with Crippen molar-refractivity contribution >= 4 is 16.9 Å². The maximum Gasteiger partial charge on any atom is 0.408 e. The summed E-state index contributed by atoms with van der Waals surface area (Å²) in [6.45, 7) is 7.73. The Morgan fingerprint density at radius 3 is 2.45 bits per heavy atom. The Morgan fingerprint density at radius 1 is 1.14 bits per heavy atom. The minimum atomic E-state index is -0.482. The van der Waals surface area contributed by atoms with Gasteiger partial charge in [0.05, 0.1) is 6.04 Å². The third-order valence-electron chi connectivity index (χ3n) is 3.44. The molecular formula is C19H25NO2. The number of hydrogen-bond donors (Lipinski definition) is 1. The van der Waals surface area contributed by atoms with E-state index >= 15 is 0 Å². The van der Waals surface area contributed by atoms with Gasteiger partial charge < -0.3 is 10.1 Å². The monoisotopic (exact) mass is 299 g/mol. The van der Waals surface area contributed by atoms with E-state index in [1.54, 1.807) is 0 Å². The van der Waals surface area contributed by atoms with E-state index in [9.17, 15) is 4.79 Å². The van der Waals surface area contributed by atoms with Crippen LogP contribution in [0.25, 0.3) is 10.8 Å². The number of carbonyl (C=O) groups excluding carboxylic acids is 1. The number of fused-ring (bicyclic) bond motifs is 1. The third-order valence-corrected chi connectivity index (χ3v) is 3.44. The number of carbonyl (C=O) groups is 1. The van der Waals surface area contributed by atoms with Crippen molar-refractivity contribution in [1.82, 2.24) is 5.32 Å². The van der Waals surface area contributed by atoms with Gasteiger partial charge >= 0.3 is 6.09 Å². The fourth-order valence-corrected chi connectivity index (χ4v) is 2.49. The van der Waals surface area contributed by atoms with Crippen molar-refractivity contribution in [3.05, 3.63) is 48.0 Å². The van der Waals surface area contributed by atoms with Gasteiger partial charge in [0.2, 0.25) is 0 Å². The van der Waals surface area contributed by atoms with E-state index in [1.165, 1.54) is 10.8 Å². The Balaban J connectivity index is 2.20. The quantitative estimate of drug-likeness (QED) is 0.842. The molecular weight excluding hydrogens is 274 g/mol. The van der Waals surface area contributed by atoms with Gasteiger partial charge in [-0.2, -0.15) is 0 Å². The molecule has 0 bridgehead atoms. The molecule has 2 rings (SSSR count). The molecule has 0 heterocycles. The predicted molar refractivity (Wildman–Crippen MR) is 91.0 cm³/mol. The lowest BCUT2D eigenvalue weighted by atomic mass is 9.99. The largest absolute Gasteiger partial charge is 0.444 e. The van der Waals surface area contributed by atoms with Gasteiger partial charge in [0, 0.05) is 0 Å². The molecule has 0 spiro atoms. The minimum absolute atomic E-state index is 0.0237. The molecule has 1 N–H and O–H groups in total. The highest BCUT2D eigenvalue weighted by Crippen LogP contribution is 2.24. The van der Waals surface area contributed by atoms with Crippen molar-refractivity contribution in [2.45, 2.75) is 52.2 Å². The summed E-state index contributed by atoms with van der Waals surface area (Å²) < 4.78 is 5.37. The lowest BCUT2D eigenvalue weighted by Crippen LogP contribution is -2.35. The lowest BCUT2D eigenvalue weighted by molar-refractivity contribution is 0.0501. The first-order valence-electron chi connectivity index (χ1n) is 7.87. The fourth-order valence-electron chi connectivity index (χ4n) is 2.49. The summed E-state index contributed by atoms with van der Waals surface area (Å²) in [5, 5.41) is 5.39. The second-order valence-electron chi connectivity index (χ2n) is 6.59. The summed E-state index contributed by atoms with van der Waals surface area (Å²) in [6, 6.07) is 14.6. The SMILES string of the molecule is CCC[C@H](NC(=O)OC(C)(C)C)c1ccc2ccccc2c1. The molecule has 1 atom stereocenters. The molecule has 0 aliphatic carbocycles. The number of ether oxygens (including phenoxy) is 1. The number of amides is 1. The normalized spacial score (nSPS) is 12.9. The zero-order valence-corrected chi connectivity index (χ0v) is 13.8. The van der Waals surface area contributed by atoms with Crippen LogP contribution in [0.4, 0.5) is 4.79 Å². The Morgan fingerprint density at radius 2 is 1.82 bits per heavy atom. The van der Waals surface area contributed by atoms with Crippen molar-refractivity contribution in [3.8, 4) is 0 Å². The first-order chi connectivity index (χ1) is 10.4. The fraction of sp³-hybridized carbons (Fsp3) is 0.421. The van der Waals surface area contributed by atoms with E-state index in [4.69, 9.17) is 4.74 Å². The Kier molecular flexibility index (Phi) is 5.07. The van der Waals surface area contributed by atoms with Gasteiger partial charge in [-0.05, 0) is 49.6 Å². The van der Waals surface area contributed by atoms with Crippen LogP contribution in [-0.2, 0) is 4.74 Å². The number of nitrogens with one attached hydrogen (secondary N) is 1. The summed E-state index contributed by atoms with van der Waals surface area (Å²) >= 11 is 0. The average molecular weight is 299 g/mol. The first kappa shape index (κ1) is 16.3. The zero-order valence-electron chi connectivity index (χ0n) is 13.8. The van der Waals surface area contributed by atoms with Crippen LogP contribution in [0.1, 0.15) is 52.1 Å². The molecule has 0 radical (unpaired) electrons. The summed E-state index contributed by atoms with van der Waals surface area (Å²) in [6.07, 6.45) is 1.52. The third kappa shape index (κ3) is 4.48. The van der Waals surface area contributed by atoms with Crippen LogP contribution >= 0.6 is 0 Å². The minimum Gasteiger partial charge on any atom is -0.444 e. The van der Waals surface area contributed by atoms with Crippen molar-refractivity contribution in [1.29, 1.82) is 0 Å². The Labute approximate surface area is 132 Å². The van der Waals surface area contributed by atoms with E-state index in [2.05, 4.69) is 42.6 Å². The molecule has 0 unspecified atom stereocenters. The van der Waals surface area contributed by atoms with E-state index in [1.807, 2.05) is 32.9 Å². The molecule has 1 amide bonds. The molecule has 3 nitrogen and oxygen atoms in total. The number of alkyl carbamates (subject to hydrolysis) is 1. The molecule has 2 aromatic rings. The Hall–Kier alpha value is -2.03. The van der Waals surface area contributed by atoms with Crippen LogP contribution in [0.5, 0.6) is 0 Å². The summed E-state index contributed by atoms with van der Waals surface area (Å²) in [4.78, 5) is 12.0. The molecule has 0 saturated carbocycles. The smallest absolute Gasteiger partial charge is 0.408 e. The summed E-state index contributed by atoms with van der Waals surface area (Å²) in [5.74, 6) is 0. The second-order valence-corrected chi connectivity index (χ2v) is 6.59. The van der Waals surface area contributed by atoms with Crippen LogP contribution in [0.3, 0.4) is 0 Å². The maximum atomic E-state index is 12.0. The van der Waals surface area contributed by atoms with Crippen molar-refractivity contribution in [2.75, 3.05) is 0 Å². The highest BCUT2D eigenvalue weighted by Gasteiger charge is 2.20. The van der Waals surface area contributed by atoms with Gasteiger partial charge in [0.25, 0.3) is 0 Å². The zero-order chi connectivity index (χ0) is 16.2. The van der Waals surface area contributed by atoms with E-state index in [-0.39, 0.29) is 12.1 Å². The standard InChI is InChI=1S/C19H25NO2/c1-5-8-17(20-18(21)22-19(2,3)4)16-12-11-14-9-6-7-10-15(14)13-16/h6-7,9-13,17H,5,8H2,1-4H3,(H,20,21)/t17-/m0/s1. The van der Waals surface area contributed by atoms with Gasteiger partial charge in [0.15, 0.2) is 0 Å². The van der Waals surface area contributed by atoms with Crippen LogP contribution in [0.15, 0.2) is 42.5 Å². The molecule has 0 aliphatic heterocycles. The molecule has 0 aliphatic rings. The summed E-state index contributed by atoms with van der Waals surface area (Å²) in [5.41, 5.74) is 0.635. The molecule has 118 valence electrons. The number of benzene rings is 2. The van der Waals surface area contributed by atoms with E-state index < -0.39 is 5.60 Å². The average Bonchev–Trinajstić information content (AvgIpc) is 2.44. The van der Waals surface area contributed by atoms with Gasteiger partial charge in [-0.15, -0.1) is 0 Å². The highest BCUT2D eigenvalue weighted by atomic mass is 16.6. The van der Waals surface area contributed by atoms with E-state index in [0.717, 1.165) is 18.4 Å². The predicted octanol–water partition coefficient (Wildman–Crippen LogP) is 5.21. The van der Waals surface area contributed by atoms with E-state index in [0.29, 0.717) is 0 Å². The van der Waals surface area contributed by atoms with Crippen molar-refractivity contribution in [3.63, 3.8) is 0 Å². The molecule has 2 aromatic carbocycles. The molecule has 3 heteroatoms. The first-order valence-corrected chi connectivity index (χ1v) is 7.87. The van der Waals surface area contributed by atoms with Crippen molar-refractivity contribution < 1.29 is 9.53 Å². The van der Waals surface area contributed by atoms with Gasteiger partial charge in [0.1, 0.15) is 5.60 Å². The molecule has 0 aromatic heterocycles. The second kappa shape index (κ2) is 6.82. The summed E-state index contributed by atoms with van der Waals surface area (Å²) in [7, 11) is 0. The van der Waals surface area contributed by atoms with Crippen LogP contribution in [0, 0.1) is 0 Å². The number of hydrogen-bond acceptors (Lipinski definition) is 2. The van der Waals surface area contributed by atoms with Gasteiger partial charge in [-0.3, -0.25) is 0 Å². The van der Waals surface area contributed by atoms with Crippen molar-refractivity contribution in [2.24, 2.45) is 0 Å². The molecule has 0 saturated heterocycles.